The summed E-state index contributed by atoms with van der Waals surface area (Å²) in [6.07, 6.45) is 6.58. The lowest BCUT2D eigenvalue weighted by molar-refractivity contribution is 0.0787. The summed E-state index contributed by atoms with van der Waals surface area (Å²) in [5, 5.41) is 0. The average molecular weight is 402 g/mol. The summed E-state index contributed by atoms with van der Waals surface area (Å²) in [6.45, 7) is 3.35. The number of fused-ring (bicyclic) bond motifs is 1. The number of aromatic amines is 1. The van der Waals surface area contributed by atoms with Crippen LogP contribution in [0.5, 0.6) is 11.5 Å². The molecule has 3 aromatic rings. The lowest BCUT2D eigenvalue weighted by Crippen LogP contribution is -2.28. The van der Waals surface area contributed by atoms with Crippen molar-refractivity contribution in [3.05, 3.63) is 59.9 Å². The Morgan fingerprint density at radius 2 is 2.03 bits per heavy atom. The molecule has 0 bridgehead atoms. The van der Waals surface area contributed by atoms with Crippen molar-refractivity contribution in [2.45, 2.75) is 25.5 Å². The molecule has 2 aliphatic rings. The fourth-order valence-electron chi connectivity index (χ4n) is 4.04. The van der Waals surface area contributed by atoms with Crippen molar-refractivity contribution in [2.75, 3.05) is 26.7 Å². The first-order valence-corrected chi connectivity index (χ1v) is 10.5. The van der Waals surface area contributed by atoms with Crippen LogP contribution in [0.2, 0.25) is 0 Å². The quantitative estimate of drug-likeness (QED) is 0.635. The van der Waals surface area contributed by atoms with Crippen LogP contribution in [-0.4, -0.2) is 53.9 Å². The first-order chi connectivity index (χ1) is 14.7. The van der Waals surface area contributed by atoms with Gasteiger partial charge in [0.05, 0.1) is 30.2 Å². The van der Waals surface area contributed by atoms with Crippen molar-refractivity contribution in [3.8, 4) is 11.5 Å². The zero-order valence-electron chi connectivity index (χ0n) is 17.2. The summed E-state index contributed by atoms with van der Waals surface area (Å²) in [4.78, 5) is 14.6. The predicted molar refractivity (Wildman–Crippen MR) is 119 cm³/mol. The molecule has 6 nitrogen and oxygen atoms in total. The van der Waals surface area contributed by atoms with E-state index in [1.807, 2.05) is 36.5 Å². The van der Waals surface area contributed by atoms with Crippen molar-refractivity contribution >= 4 is 22.8 Å². The minimum atomic E-state index is 0.350. The van der Waals surface area contributed by atoms with Gasteiger partial charge in [0, 0.05) is 25.4 Å². The molecule has 1 atom stereocenters. The van der Waals surface area contributed by atoms with Crippen molar-refractivity contribution in [1.82, 2.24) is 14.9 Å². The number of hydrogen-bond acceptors (Lipinski definition) is 5. The van der Waals surface area contributed by atoms with E-state index in [2.05, 4.69) is 40.1 Å². The lowest BCUT2D eigenvalue weighted by Gasteiger charge is -2.19. The number of imidazole rings is 1. The zero-order chi connectivity index (χ0) is 20.3. The average Bonchev–Trinajstić information content (AvgIpc) is 3.50. The molecule has 0 saturated carbocycles. The molecule has 1 aromatic heterocycles. The highest BCUT2D eigenvalue weighted by Crippen LogP contribution is 2.27. The third-order valence-corrected chi connectivity index (χ3v) is 5.56. The molecule has 1 N–H and O–H groups in total. The van der Waals surface area contributed by atoms with Crippen LogP contribution in [0.4, 0.5) is 0 Å². The topological polar surface area (TPSA) is 62.7 Å². The molecule has 0 amide bonds. The first-order valence-electron chi connectivity index (χ1n) is 10.5. The molecule has 1 unspecified atom stereocenters. The third-order valence-electron chi connectivity index (χ3n) is 5.56. The number of aromatic nitrogens is 2. The Kier molecular flexibility index (Phi) is 5.34. The molecule has 6 heteroatoms. The molecule has 30 heavy (non-hydrogen) atoms. The Labute approximate surface area is 176 Å². The van der Waals surface area contributed by atoms with Gasteiger partial charge in [-0.25, -0.2) is 4.98 Å². The van der Waals surface area contributed by atoms with Crippen LogP contribution in [-0.2, 0) is 11.3 Å². The number of likely N-dealkylation sites (N-methyl/N-ethyl adjacent to an activating group) is 1. The standard InChI is InChI=1S/C24H26N4O2/c1-28(15-21-3-2-12-29-21)16-24-26-22-9-8-20(13-23(22)27-24)30-19-6-4-17(5-7-19)18-10-11-25-14-18/h4-11,13,21H,2-3,12,14-16H2,1H3,(H,26,27). The summed E-state index contributed by atoms with van der Waals surface area (Å²) < 4.78 is 11.8. The number of nitrogens with zero attached hydrogens (tertiary/aromatic N) is 3. The molecule has 1 fully saturated rings. The first kappa shape index (κ1) is 19.0. The third kappa shape index (κ3) is 4.30. The normalized spacial score (nSPS) is 18.5. The minimum Gasteiger partial charge on any atom is -0.457 e. The van der Waals surface area contributed by atoms with Gasteiger partial charge in [-0.05, 0) is 61.4 Å². The van der Waals surface area contributed by atoms with Gasteiger partial charge in [-0.1, -0.05) is 12.1 Å². The Balaban J connectivity index is 1.24. The van der Waals surface area contributed by atoms with Gasteiger partial charge in [0.1, 0.15) is 17.3 Å². The number of hydrogen-bond donors (Lipinski definition) is 1. The van der Waals surface area contributed by atoms with E-state index in [4.69, 9.17) is 14.5 Å². The molecule has 1 saturated heterocycles. The van der Waals surface area contributed by atoms with E-state index in [0.29, 0.717) is 6.10 Å². The number of ether oxygens (including phenoxy) is 2. The van der Waals surface area contributed by atoms with Gasteiger partial charge in [-0.2, -0.15) is 0 Å². The number of H-pyrrole nitrogens is 1. The molecule has 0 aliphatic carbocycles. The summed E-state index contributed by atoms with van der Waals surface area (Å²) in [7, 11) is 2.11. The minimum absolute atomic E-state index is 0.350. The predicted octanol–water partition coefficient (Wildman–Crippen LogP) is 4.43. The Hall–Kier alpha value is -2.96. The van der Waals surface area contributed by atoms with Crippen molar-refractivity contribution in [3.63, 3.8) is 0 Å². The van der Waals surface area contributed by atoms with Crippen LogP contribution in [0.25, 0.3) is 16.6 Å². The van der Waals surface area contributed by atoms with Crippen LogP contribution < -0.4 is 4.74 Å². The Morgan fingerprint density at radius 1 is 1.17 bits per heavy atom. The maximum absolute atomic E-state index is 6.06. The molecule has 3 heterocycles. The number of aliphatic imine (C=N–C) groups is 1. The van der Waals surface area contributed by atoms with E-state index in [1.165, 1.54) is 17.6 Å². The van der Waals surface area contributed by atoms with E-state index in [1.54, 1.807) is 0 Å². The summed E-state index contributed by atoms with van der Waals surface area (Å²) in [6, 6.07) is 14.1. The molecular formula is C24H26N4O2. The van der Waals surface area contributed by atoms with E-state index < -0.39 is 0 Å². The second-order valence-electron chi connectivity index (χ2n) is 8.00. The van der Waals surface area contributed by atoms with Crippen LogP contribution in [0.1, 0.15) is 24.2 Å². The second kappa shape index (κ2) is 8.42. The number of benzene rings is 2. The number of rotatable bonds is 7. The maximum atomic E-state index is 6.06. The number of allylic oxidation sites excluding steroid dienone is 1. The molecule has 0 spiro atoms. The van der Waals surface area contributed by atoms with E-state index in [9.17, 15) is 0 Å². The summed E-state index contributed by atoms with van der Waals surface area (Å²) >= 11 is 0. The van der Waals surface area contributed by atoms with Gasteiger partial charge in [0.25, 0.3) is 0 Å². The summed E-state index contributed by atoms with van der Waals surface area (Å²) in [5.74, 6) is 2.56. The molecular weight excluding hydrogens is 376 g/mol. The second-order valence-corrected chi connectivity index (χ2v) is 8.00. The van der Waals surface area contributed by atoms with Gasteiger partial charge in [-0.15, -0.1) is 0 Å². The smallest absolute Gasteiger partial charge is 0.129 e. The van der Waals surface area contributed by atoms with Gasteiger partial charge in [0.2, 0.25) is 0 Å². The van der Waals surface area contributed by atoms with Crippen molar-refractivity contribution in [2.24, 2.45) is 4.99 Å². The van der Waals surface area contributed by atoms with Crippen LogP contribution in [0.3, 0.4) is 0 Å². The fourth-order valence-corrected chi connectivity index (χ4v) is 4.04. The monoisotopic (exact) mass is 402 g/mol. The van der Waals surface area contributed by atoms with Gasteiger partial charge in [-0.3, -0.25) is 9.89 Å². The molecule has 2 aromatic carbocycles. The lowest BCUT2D eigenvalue weighted by atomic mass is 10.1. The van der Waals surface area contributed by atoms with E-state index in [-0.39, 0.29) is 0 Å². The number of nitrogens with one attached hydrogen (secondary N) is 1. The highest BCUT2D eigenvalue weighted by atomic mass is 16.5. The van der Waals surface area contributed by atoms with E-state index in [0.717, 1.165) is 61.0 Å². The van der Waals surface area contributed by atoms with Gasteiger partial charge >= 0.3 is 0 Å². The summed E-state index contributed by atoms with van der Waals surface area (Å²) in [5.41, 5.74) is 4.35. The molecule has 5 rings (SSSR count). The fraction of sp³-hybridized carbons (Fsp3) is 0.333. The van der Waals surface area contributed by atoms with Crippen LogP contribution in [0, 0.1) is 0 Å². The Bertz CT molecular complexity index is 1080. The van der Waals surface area contributed by atoms with Crippen LogP contribution in [0.15, 0.2) is 53.5 Å². The van der Waals surface area contributed by atoms with Crippen molar-refractivity contribution < 1.29 is 9.47 Å². The van der Waals surface area contributed by atoms with Crippen molar-refractivity contribution in [1.29, 1.82) is 0 Å². The van der Waals surface area contributed by atoms with Crippen LogP contribution >= 0.6 is 0 Å². The van der Waals surface area contributed by atoms with Gasteiger partial charge in [0.15, 0.2) is 0 Å². The highest BCUT2D eigenvalue weighted by Gasteiger charge is 2.18. The van der Waals surface area contributed by atoms with E-state index >= 15 is 0 Å². The Morgan fingerprint density at radius 3 is 2.80 bits per heavy atom. The molecule has 154 valence electrons. The highest BCUT2D eigenvalue weighted by molar-refractivity contribution is 5.89. The van der Waals surface area contributed by atoms with Gasteiger partial charge < -0.3 is 14.5 Å². The largest absolute Gasteiger partial charge is 0.457 e. The zero-order valence-corrected chi connectivity index (χ0v) is 17.2. The molecule has 2 aliphatic heterocycles. The SMILES string of the molecule is CN(Cc1nc2ccc(Oc3ccc(C4=CC=NC4)cc3)cc2[nH]1)CC1CCCO1. The molecule has 0 radical (unpaired) electrons. The maximum Gasteiger partial charge on any atom is 0.129 e.